The largest absolute Gasteiger partial charge is 0.481 e. The van der Waals surface area contributed by atoms with Gasteiger partial charge in [0.25, 0.3) is 0 Å². The molecule has 16 atom stereocenters. The molecule has 17 aliphatic rings. The molecule has 0 amide bonds. The Labute approximate surface area is 501 Å². The van der Waals surface area contributed by atoms with Crippen molar-refractivity contribution in [2.24, 2.45) is 86.3 Å². The van der Waals surface area contributed by atoms with E-state index in [1.807, 2.05) is 10.8 Å². The molecular formula is C75H88N2O4S2. The lowest BCUT2D eigenvalue weighted by molar-refractivity contribution is -0.193. The normalized spacial score (nSPS) is 41.5. The van der Waals surface area contributed by atoms with Crippen LogP contribution in [0.2, 0.25) is 0 Å². The summed E-state index contributed by atoms with van der Waals surface area (Å²) in [4.78, 5) is 14.8. The zero-order chi connectivity index (χ0) is 56.0. The number of allylic oxidation sites excluding steroid dienone is 9. The summed E-state index contributed by atoms with van der Waals surface area (Å²) in [5.74, 6) is 3.38. The Morgan fingerprint density at radius 3 is 2.55 bits per heavy atom. The van der Waals surface area contributed by atoms with Crippen molar-refractivity contribution >= 4 is 44.8 Å². The van der Waals surface area contributed by atoms with E-state index in [4.69, 9.17) is 6.58 Å². The van der Waals surface area contributed by atoms with E-state index < -0.39 is 29.5 Å². The highest BCUT2D eigenvalue weighted by Crippen LogP contribution is 2.87. The van der Waals surface area contributed by atoms with Gasteiger partial charge in [-0.1, -0.05) is 181 Å². The summed E-state index contributed by atoms with van der Waals surface area (Å²) in [6.45, 7) is 9.12. The first-order chi connectivity index (χ1) is 40.5. The fourth-order valence-electron chi connectivity index (χ4n) is 23.6. The van der Waals surface area contributed by atoms with Crippen LogP contribution >= 0.6 is 21.6 Å². The number of rotatable bonds is 2. The molecule has 18 bridgehead atoms. The van der Waals surface area contributed by atoms with Crippen molar-refractivity contribution in [2.45, 2.75) is 153 Å². The Balaban J connectivity index is 0.949. The van der Waals surface area contributed by atoms with Crippen LogP contribution in [0, 0.1) is 86.3 Å². The number of nitrogens with one attached hydrogen (secondary N) is 2. The summed E-state index contributed by atoms with van der Waals surface area (Å²) >= 11 is 0. The number of aliphatic hydroxyl groups excluding tert-OH is 2. The maximum atomic E-state index is 14.8. The quantitative estimate of drug-likeness (QED) is 0.128. The summed E-state index contributed by atoms with van der Waals surface area (Å²) in [6.07, 6.45) is 34.6. The van der Waals surface area contributed by atoms with Gasteiger partial charge in [0.05, 0.1) is 23.9 Å². The van der Waals surface area contributed by atoms with Crippen LogP contribution in [0.5, 0.6) is 0 Å². The molecule has 16 unspecified atom stereocenters. The molecule has 83 heavy (non-hydrogen) atoms. The van der Waals surface area contributed by atoms with Crippen molar-refractivity contribution in [2.75, 3.05) is 18.8 Å². The Morgan fingerprint density at radius 2 is 1.70 bits per heavy atom. The number of carboxylic acids is 1. The van der Waals surface area contributed by atoms with Gasteiger partial charge in [0.2, 0.25) is 0 Å². The van der Waals surface area contributed by atoms with Crippen LogP contribution in [0.3, 0.4) is 0 Å². The number of fused-ring (bicyclic) bond motifs is 3. The molecule has 6 nitrogen and oxygen atoms in total. The number of benzene rings is 3. The maximum Gasteiger partial charge on any atom is 0.306 e. The summed E-state index contributed by atoms with van der Waals surface area (Å²) in [5.41, 5.74) is 12.8. The molecule has 3 aromatic carbocycles. The van der Waals surface area contributed by atoms with Crippen molar-refractivity contribution in [3.63, 3.8) is 0 Å². The van der Waals surface area contributed by atoms with Crippen LogP contribution in [-0.4, -0.2) is 52.3 Å². The van der Waals surface area contributed by atoms with Crippen molar-refractivity contribution in [1.82, 2.24) is 10.6 Å². The highest BCUT2D eigenvalue weighted by atomic mass is 33.1. The first-order valence-electron chi connectivity index (χ1n) is 33.0. The molecule has 434 valence electrons. The van der Waals surface area contributed by atoms with Gasteiger partial charge in [0.15, 0.2) is 0 Å². The van der Waals surface area contributed by atoms with E-state index in [-0.39, 0.29) is 57.2 Å². The van der Waals surface area contributed by atoms with Gasteiger partial charge in [-0.15, -0.1) is 0 Å². The van der Waals surface area contributed by atoms with Crippen LogP contribution in [0.15, 0.2) is 138 Å². The van der Waals surface area contributed by atoms with Crippen LogP contribution in [-0.2, 0) is 23.4 Å². The summed E-state index contributed by atoms with van der Waals surface area (Å²) in [5, 5.41) is 49.4. The SMILES string of the molecule is C=C1CCC(C(=O)O)C2C(O)C3CCCC24C2CC5=C6C(CSSCc7ccccc7CC(C2)CC634)C23C=CCC4(C)C(O)CCC5(C5C=c6ccccc6=C(Cc6cccc(c6)C6=CC=C(NCCCC1C1CCCCC1)NC6)C5=C2)C34. The van der Waals surface area contributed by atoms with Crippen molar-refractivity contribution in [1.29, 1.82) is 0 Å². The minimum atomic E-state index is -0.695. The van der Waals surface area contributed by atoms with E-state index in [2.05, 4.69) is 138 Å². The number of hydrogen-bond acceptors (Lipinski definition) is 7. The van der Waals surface area contributed by atoms with Gasteiger partial charge in [0.1, 0.15) is 0 Å². The zero-order valence-corrected chi connectivity index (χ0v) is 50.7. The molecular weight excluding hydrogens is 1060 g/mol. The highest BCUT2D eigenvalue weighted by molar-refractivity contribution is 8.76. The lowest BCUT2D eigenvalue weighted by Crippen LogP contribution is -2.72. The minimum absolute atomic E-state index is 0.00694. The summed E-state index contributed by atoms with van der Waals surface area (Å²) < 4.78 is 0. The van der Waals surface area contributed by atoms with E-state index in [1.165, 1.54) is 87.1 Å². The van der Waals surface area contributed by atoms with Crippen LogP contribution in [0.1, 0.15) is 145 Å². The number of hydrogen-bond donors (Lipinski definition) is 5. The Bertz CT molecular complexity index is 3480. The predicted octanol–water partition coefficient (Wildman–Crippen LogP) is 13.8. The highest BCUT2D eigenvalue weighted by Gasteiger charge is 2.82. The smallest absolute Gasteiger partial charge is 0.306 e. The van der Waals surface area contributed by atoms with Gasteiger partial charge in [0, 0.05) is 64.0 Å². The van der Waals surface area contributed by atoms with Crippen LogP contribution < -0.4 is 21.1 Å². The van der Waals surface area contributed by atoms with E-state index >= 15 is 0 Å². The summed E-state index contributed by atoms with van der Waals surface area (Å²) in [6, 6.07) is 28.1. The molecule has 20 rings (SSSR count). The number of carboxylic acid groups (broad SMARTS) is 1. The fraction of sp³-hybridized carbons (Fsp3) is 0.560. The van der Waals surface area contributed by atoms with Crippen molar-refractivity contribution < 1.29 is 20.1 Å². The van der Waals surface area contributed by atoms with Gasteiger partial charge in [-0.3, -0.25) is 4.79 Å². The number of aliphatic hydroxyl groups is 2. The van der Waals surface area contributed by atoms with E-state index in [0.29, 0.717) is 30.6 Å². The number of dihydropyridines is 1. The van der Waals surface area contributed by atoms with Gasteiger partial charge in [-0.25, -0.2) is 0 Å². The third-order valence-electron chi connectivity index (χ3n) is 26.2. The molecule has 0 saturated heterocycles. The van der Waals surface area contributed by atoms with Crippen LogP contribution in [0.25, 0.3) is 17.2 Å². The zero-order valence-electron chi connectivity index (χ0n) is 49.1. The van der Waals surface area contributed by atoms with Gasteiger partial charge in [-0.05, 0) is 199 Å². The average molecular weight is 1150 g/mol. The third kappa shape index (κ3) is 7.77. The number of aliphatic carboxylic acids is 1. The molecule has 7 aliphatic heterocycles. The van der Waals surface area contributed by atoms with E-state index in [9.17, 15) is 20.1 Å². The second-order valence-corrected chi connectivity index (χ2v) is 31.9. The van der Waals surface area contributed by atoms with Gasteiger partial charge in [-0.2, -0.15) is 0 Å². The lowest BCUT2D eigenvalue weighted by Gasteiger charge is -2.77. The predicted molar refractivity (Wildman–Crippen MR) is 339 cm³/mol. The van der Waals surface area contributed by atoms with Crippen LogP contribution in [0.4, 0.5) is 0 Å². The van der Waals surface area contributed by atoms with Gasteiger partial charge >= 0.3 is 5.97 Å². The molecule has 5 N–H and O–H groups in total. The second kappa shape index (κ2) is 20.3. The molecule has 0 radical (unpaired) electrons. The van der Waals surface area contributed by atoms with Crippen molar-refractivity contribution in [3.8, 4) is 0 Å². The van der Waals surface area contributed by atoms with E-state index in [1.54, 1.807) is 11.1 Å². The first kappa shape index (κ1) is 54.0. The molecule has 5 saturated carbocycles. The summed E-state index contributed by atoms with van der Waals surface area (Å²) in [7, 11) is 4.13. The minimum Gasteiger partial charge on any atom is -0.481 e. The monoisotopic (exact) mass is 1140 g/mol. The molecule has 7 heterocycles. The molecule has 10 aliphatic carbocycles. The maximum absolute atomic E-state index is 14.8. The average Bonchev–Trinajstić information content (AvgIpc) is 1.75. The molecule has 4 spiro atoms. The lowest BCUT2D eigenvalue weighted by atomic mass is 9.27. The Kier molecular flexibility index (Phi) is 13.2. The van der Waals surface area contributed by atoms with E-state index in [0.717, 1.165) is 114 Å². The molecule has 5 fully saturated rings. The van der Waals surface area contributed by atoms with Crippen molar-refractivity contribution in [3.05, 3.63) is 171 Å². The standard InChI is InChI=1S/C75H88N2O4S2/c1-45-24-26-57(69(80)81)66-68(79)60-23-11-31-74(66)54-36-47-35-50-17-6-7-19-53(50)43-82-83-44-63-67(75(60,74)40-47)62(39-54)73-32-28-64(78)71(2)29-13-30-72(63,70(71)73)41-59-58(56-21-9-8-18-51(56)38-61(59)73)37-46-14-10-20-49(34-46)52-25-27-65(77-42-52)76-33-12-22-55(45)48-15-4-3-5-16-48/h6-10,13-14,17-21,25,27,30,34,38,41,47-48,54-55,57,60-61,63-64,66,68,70,76-79H,1,3-5,11-12,15-16,22-24,26,28-29,31-33,35-37,39-40,42-44H2,2H3,(H,80,81). The topological polar surface area (TPSA) is 102 Å². The third-order valence-corrected chi connectivity index (χ3v) is 28.5. The molecule has 3 aromatic rings. The number of carbonyl (C=O) groups is 1. The second-order valence-electron chi connectivity index (χ2n) is 29.4. The Morgan fingerprint density at radius 1 is 0.843 bits per heavy atom. The molecule has 0 aromatic heterocycles. The first-order valence-corrected chi connectivity index (χ1v) is 35.5. The van der Waals surface area contributed by atoms with Gasteiger partial charge < -0.3 is 26.0 Å². The Hall–Kier alpha value is -4.47. The fourth-order valence-corrected chi connectivity index (χ4v) is 26.1. The molecule has 8 heteroatoms.